The van der Waals surface area contributed by atoms with Gasteiger partial charge in [0.15, 0.2) is 0 Å². The van der Waals surface area contributed by atoms with E-state index in [4.69, 9.17) is 0 Å². The molecule has 0 bridgehead atoms. The minimum absolute atomic E-state index is 0.248. The van der Waals surface area contributed by atoms with Crippen molar-refractivity contribution in [1.82, 2.24) is 15.3 Å². The van der Waals surface area contributed by atoms with Gasteiger partial charge >= 0.3 is 0 Å². The Morgan fingerprint density at radius 1 is 1.18 bits per heavy atom. The van der Waals surface area contributed by atoms with E-state index >= 15 is 0 Å². The number of pyridine rings is 2. The van der Waals surface area contributed by atoms with E-state index in [2.05, 4.69) is 28.3 Å². The molecule has 1 N–H and O–H groups in total. The second-order valence-corrected chi connectivity index (χ2v) is 4.16. The molecule has 2 rings (SSSR count). The quantitative estimate of drug-likeness (QED) is 0.870. The third-order valence-corrected chi connectivity index (χ3v) is 2.83. The normalized spacial score (nSPS) is 12.4. The van der Waals surface area contributed by atoms with Crippen LogP contribution < -0.4 is 5.32 Å². The standard InChI is InChI=1S/C14H17N3/c1-11-3-8-17-14(9-11)13(15-2)10-12-4-6-16-7-5-12/h3-9,13,15H,10H2,1-2H3. The van der Waals surface area contributed by atoms with E-state index in [9.17, 15) is 0 Å². The molecule has 88 valence electrons. The van der Waals surface area contributed by atoms with Crippen LogP contribution >= 0.6 is 0 Å². The van der Waals surface area contributed by atoms with E-state index in [0.717, 1.165) is 12.1 Å². The molecule has 0 radical (unpaired) electrons. The highest BCUT2D eigenvalue weighted by Gasteiger charge is 2.11. The largest absolute Gasteiger partial charge is 0.311 e. The van der Waals surface area contributed by atoms with E-state index in [1.165, 1.54) is 11.1 Å². The van der Waals surface area contributed by atoms with E-state index in [1.807, 2.05) is 43.8 Å². The average molecular weight is 227 g/mol. The van der Waals surface area contributed by atoms with Crippen LogP contribution in [0.25, 0.3) is 0 Å². The Bertz CT molecular complexity index is 468. The molecule has 0 aliphatic rings. The zero-order valence-corrected chi connectivity index (χ0v) is 10.2. The van der Waals surface area contributed by atoms with Gasteiger partial charge in [-0.1, -0.05) is 0 Å². The lowest BCUT2D eigenvalue weighted by Gasteiger charge is -2.16. The maximum Gasteiger partial charge on any atom is 0.0579 e. The number of hydrogen-bond acceptors (Lipinski definition) is 3. The van der Waals surface area contributed by atoms with Gasteiger partial charge in [-0.25, -0.2) is 0 Å². The van der Waals surface area contributed by atoms with Crippen LogP contribution in [-0.4, -0.2) is 17.0 Å². The summed E-state index contributed by atoms with van der Waals surface area (Å²) in [6.07, 6.45) is 6.44. The molecule has 2 aromatic heterocycles. The fourth-order valence-electron chi connectivity index (χ4n) is 1.86. The summed E-state index contributed by atoms with van der Waals surface area (Å²) in [5, 5.41) is 3.31. The smallest absolute Gasteiger partial charge is 0.0579 e. The molecule has 0 fully saturated rings. The molecule has 1 unspecified atom stereocenters. The molecule has 1 atom stereocenters. The Labute approximate surface area is 102 Å². The van der Waals surface area contributed by atoms with Crippen LogP contribution in [0, 0.1) is 6.92 Å². The first kappa shape index (κ1) is 11.7. The monoisotopic (exact) mass is 227 g/mol. The zero-order valence-electron chi connectivity index (χ0n) is 10.2. The second-order valence-electron chi connectivity index (χ2n) is 4.16. The molecule has 0 saturated heterocycles. The van der Waals surface area contributed by atoms with Gasteiger partial charge in [-0.15, -0.1) is 0 Å². The number of nitrogens with zero attached hydrogens (tertiary/aromatic N) is 2. The summed E-state index contributed by atoms with van der Waals surface area (Å²) in [5.74, 6) is 0. The molecule has 0 spiro atoms. The minimum Gasteiger partial charge on any atom is -0.311 e. The highest BCUT2D eigenvalue weighted by Crippen LogP contribution is 2.16. The molecular formula is C14H17N3. The SMILES string of the molecule is CNC(Cc1ccncc1)c1cc(C)ccn1. The molecule has 17 heavy (non-hydrogen) atoms. The summed E-state index contributed by atoms with van der Waals surface area (Å²) in [4.78, 5) is 8.46. The van der Waals surface area contributed by atoms with Crippen LogP contribution in [0.1, 0.15) is 22.9 Å². The van der Waals surface area contributed by atoms with Crippen LogP contribution in [0.4, 0.5) is 0 Å². The Balaban J connectivity index is 2.17. The van der Waals surface area contributed by atoms with Crippen LogP contribution in [0.5, 0.6) is 0 Å². The van der Waals surface area contributed by atoms with Crippen molar-refractivity contribution in [3.8, 4) is 0 Å². The van der Waals surface area contributed by atoms with Gasteiger partial charge in [0.1, 0.15) is 0 Å². The van der Waals surface area contributed by atoms with E-state index in [1.54, 1.807) is 0 Å². The highest BCUT2D eigenvalue weighted by molar-refractivity contribution is 5.20. The van der Waals surface area contributed by atoms with Crippen LogP contribution in [-0.2, 0) is 6.42 Å². The topological polar surface area (TPSA) is 37.8 Å². The lowest BCUT2D eigenvalue weighted by Crippen LogP contribution is -2.20. The molecule has 0 saturated carbocycles. The van der Waals surface area contributed by atoms with Crippen molar-refractivity contribution in [3.05, 3.63) is 59.7 Å². The third kappa shape index (κ3) is 3.11. The lowest BCUT2D eigenvalue weighted by atomic mass is 10.0. The summed E-state index contributed by atoms with van der Waals surface area (Å²) < 4.78 is 0. The number of aromatic nitrogens is 2. The van der Waals surface area contributed by atoms with Crippen LogP contribution in [0.2, 0.25) is 0 Å². The molecule has 0 aliphatic carbocycles. The first-order valence-electron chi connectivity index (χ1n) is 5.78. The Morgan fingerprint density at radius 2 is 1.94 bits per heavy atom. The Kier molecular flexibility index (Phi) is 3.83. The Hall–Kier alpha value is -1.74. The van der Waals surface area contributed by atoms with Gasteiger partial charge in [-0.3, -0.25) is 9.97 Å². The third-order valence-electron chi connectivity index (χ3n) is 2.83. The van der Waals surface area contributed by atoms with Gasteiger partial charge in [-0.05, 0) is 55.8 Å². The number of likely N-dealkylation sites (N-methyl/N-ethyl adjacent to an activating group) is 1. The van der Waals surface area contributed by atoms with Crippen molar-refractivity contribution in [2.75, 3.05) is 7.05 Å². The van der Waals surface area contributed by atoms with Crippen molar-refractivity contribution in [3.63, 3.8) is 0 Å². The number of rotatable bonds is 4. The molecule has 2 heterocycles. The summed E-state index contributed by atoms with van der Waals surface area (Å²) in [6, 6.07) is 8.47. The maximum absolute atomic E-state index is 4.43. The fraction of sp³-hybridized carbons (Fsp3) is 0.286. The van der Waals surface area contributed by atoms with Gasteiger partial charge < -0.3 is 5.32 Å². The number of aryl methyl sites for hydroxylation is 1. The predicted octanol–water partition coefficient (Wildman–Crippen LogP) is 2.29. The van der Waals surface area contributed by atoms with Gasteiger partial charge in [-0.2, -0.15) is 0 Å². The molecule has 0 aromatic carbocycles. The van der Waals surface area contributed by atoms with Crippen molar-refractivity contribution < 1.29 is 0 Å². The molecule has 0 aliphatic heterocycles. The van der Waals surface area contributed by atoms with E-state index in [-0.39, 0.29) is 6.04 Å². The second kappa shape index (κ2) is 5.55. The van der Waals surface area contributed by atoms with E-state index < -0.39 is 0 Å². The first-order valence-corrected chi connectivity index (χ1v) is 5.78. The maximum atomic E-state index is 4.43. The average Bonchev–Trinajstić information content (AvgIpc) is 2.37. The van der Waals surface area contributed by atoms with Gasteiger partial charge in [0, 0.05) is 18.6 Å². The van der Waals surface area contributed by atoms with Crippen molar-refractivity contribution >= 4 is 0 Å². The molecule has 3 nitrogen and oxygen atoms in total. The van der Waals surface area contributed by atoms with Gasteiger partial charge in [0.2, 0.25) is 0 Å². The summed E-state index contributed by atoms with van der Waals surface area (Å²) in [5.41, 5.74) is 3.59. The highest BCUT2D eigenvalue weighted by atomic mass is 14.9. The molecular weight excluding hydrogens is 210 g/mol. The first-order chi connectivity index (χ1) is 8.29. The van der Waals surface area contributed by atoms with Crippen molar-refractivity contribution in [2.24, 2.45) is 0 Å². The Morgan fingerprint density at radius 3 is 2.59 bits per heavy atom. The summed E-state index contributed by atoms with van der Waals surface area (Å²) in [7, 11) is 1.97. The van der Waals surface area contributed by atoms with Crippen molar-refractivity contribution in [2.45, 2.75) is 19.4 Å². The fourth-order valence-corrected chi connectivity index (χ4v) is 1.86. The molecule has 2 aromatic rings. The van der Waals surface area contributed by atoms with Crippen molar-refractivity contribution in [1.29, 1.82) is 0 Å². The van der Waals surface area contributed by atoms with E-state index in [0.29, 0.717) is 0 Å². The predicted molar refractivity (Wildman–Crippen MR) is 68.7 cm³/mol. The lowest BCUT2D eigenvalue weighted by molar-refractivity contribution is 0.575. The summed E-state index contributed by atoms with van der Waals surface area (Å²) in [6.45, 7) is 2.09. The van der Waals surface area contributed by atoms with Gasteiger partial charge in [0.25, 0.3) is 0 Å². The van der Waals surface area contributed by atoms with Gasteiger partial charge in [0.05, 0.1) is 11.7 Å². The summed E-state index contributed by atoms with van der Waals surface area (Å²) >= 11 is 0. The minimum atomic E-state index is 0.248. The zero-order chi connectivity index (χ0) is 12.1. The molecule has 3 heteroatoms. The van der Waals surface area contributed by atoms with Crippen LogP contribution in [0.3, 0.4) is 0 Å². The van der Waals surface area contributed by atoms with Crippen LogP contribution in [0.15, 0.2) is 42.9 Å². The number of hydrogen-bond donors (Lipinski definition) is 1. The molecule has 0 amide bonds. The number of nitrogens with one attached hydrogen (secondary N) is 1.